The monoisotopic (exact) mass is 562 g/mol. The molecule has 0 radical (unpaired) electrons. The lowest BCUT2D eigenvalue weighted by atomic mass is 10.0. The van der Waals surface area contributed by atoms with Crippen molar-refractivity contribution in [3.8, 4) is 11.3 Å². The fraction of sp³-hybridized carbons (Fsp3) is 0.231. The smallest absolute Gasteiger partial charge is 0.382 e. The standard InChI is InChI=1S/C26H20F6N6O2/c1-12-2-3-13(21-8-17(26(30,31)32)22-23(33)34-11-35-38(21)22)6-16(12)24(39)36-20-10-37(9-19(20)29)25(40)15-5-4-14(27)7-18(15)28/h2-8,11,19-20H,9-10H2,1H3,(H,36,39)(H2,33,34,35)/t19-,20+/m0/s1. The number of aryl methyl sites for hydroxylation is 1. The van der Waals surface area contributed by atoms with E-state index in [4.69, 9.17) is 5.73 Å². The molecule has 0 saturated carbocycles. The molecule has 0 aliphatic carbocycles. The highest BCUT2D eigenvalue weighted by Gasteiger charge is 2.38. The van der Waals surface area contributed by atoms with E-state index in [1.54, 1.807) is 6.92 Å². The Morgan fingerprint density at radius 3 is 2.50 bits per heavy atom. The predicted molar refractivity (Wildman–Crippen MR) is 131 cm³/mol. The quantitative estimate of drug-likeness (QED) is 0.363. The first-order chi connectivity index (χ1) is 18.8. The molecule has 4 aromatic rings. The number of benzene rings is 2. The summed E-state index contributed by atoms with van der Waals surface area (Å²) in [7, 11) is 0. The van der Waals surface area contributed by atoms with Gasteiger partial charge in [0, 0.05) is 23.7 Å². The van der Waals surface area contributed by atoms with E-state index in [1.807, 2.05) is 0 Å². The van der Waals surface area contributed by atoms with Crippen molar-refractivity contribution < 1.29 is 35.9 Å². The topological polar surface area (TPSA) is 106 Å². The first kappa shape index (κ1) is 27.0. The number of alkyl halides is 4. The predicted octanol–water partition coefficient (Wildman–Crippen LogP) is 4.18. The van der Waals surface area contributed by atoms with Gasteiger partial charge in [0.15, 0.2) is 5.82 Å². The summed E-state index contributed by atoms with van der Waals surface area (Å²) in [5.41, 5.74) is 4.45. The van der Waals surface area contributed by atoms with E-state index in [2.05, 4.69) is 15.4 Å². The SMILES string of the molecule is Cc1ccc(-c2cc(C(F)(F)F)c3c(N)ncnn23)cc1C(=O)N[C@@H]1CN(C(=O)c2ccc(F)cc2F)C[C@@H]1F. The third kappa shape index (κ3) is 4.80. The fourth-order valence-electron chi connectivity index (χ4n) is 4.66. The maximum absolute atomic E-state index is 14.8. The van der Waals surface area contributed by atoms with E-state index in [0.717, 1.165) is 33.9 Å². The van der Waals surface area contributed by atoms with Crippen LogP contribution >= 0.6 is 0 Å². The van der Waals surface area contributed by atoms with Crippen molar-refractivity contribution in [1.82, 2.24) is 24.8 Å². The van der Waals surface area contributed by atoms with Crippen molar-refractivity contribution in [2.24, 2.45) is 0 Å². The Morgan fingerprint density at radius 2 is 1.80 bits per heavy atom. The van der Waals surface area contributed by atoms with Crippen LogP contribution in [0, 0.1) is 18.6 Å². The number of likely N-dealkylation sites (tertiary alicyclic amines) is 1. The van der Waals surface area contributed by atoms with Crippen LogP contribution in [0.4, 0.5) is 32.2 Å². The lowest BCUT2D eigenvalue weighted by Gasteiger charge is -2.18. The summed E-state index contributed by atoms with van der Waals surface area (Å²) in [6.45, 7) is 0.873. The summed E-state index contributed by atoms with van der Waals surface area (Å²) >= 11 is 0. The van der Waals surface area contributed by atoms with Crippen LogP contribution in [0.2, 0.25) is 0 Å². The van der Waals surface area contributed by atoms with Crippen LogP contribution in [0.1, 0.15) is 31.8 Å². The number of amides is 2. The summed E-state index contributed by atoms with van der Waals surface area (Å²) in [6, 6.07) is 6.44. The molecule has 3 N–H and O–H groups in total. The molecular formula is C26H20F6N6O2. The number of nitrogens with zero attached hydrogens (tertiary/aromatic N) is 4. The van der Waals surface area contributed by atoms with Gasteiger partial charge in [-0.25, -0.2) is 22.7 Å². The third-order valence-corrected chi connectivity index (χ3v) is 6.68. The average molecular weight is 562 g/mol. The Bertz CT molecular complexity index is 1650. The number of hydrogen-bond acceptors (Lipinski definition) is 5. The van der Waals surface area contributed by atoms with E-state index in [9.17, 15) is 35.9 Å². The van der Waals surface area contributed by atoms with Gasteiger partial charge in [-0.05, 0) is 36.8 Å². The van der Waals surface area contributed by atoms with Crippen molar-refractivity contribution in [2.45, 2.75) is 25.3 Å². The molecule has 1 aliphatic heterocycles. The van der Waals surface area contributed by atoms with Crippen LogP contribution in [0.3, 0.4) is 0 Å². The zero-order valence-electron chi connectivity index (χ0n) is 20.6. The second kappa shape index (κ2) is 9.84. The van der Waals surface area contributed by atoms with Crippen molar-refractivity contribution in [2.75, 3.05) is 18.8 Å². The second-order valence-electron chi connectivity index (χ2n) is 9.31. The van der Waals surface area contributed by atoms with Gasteiger partial charge in [0.05, 0.1) is 29.4 Å². The summed E-state index contributed by atoms with van der Waals surface area (Å²) in [6.07, 6.45) is -5.45. The largest absolute Gasteiger partial charge is 0.418 e. The van der Waals surface area contributed by atoms with E-state index < -0.39 is 65.0 Å². The first-order valence-corrected chi connectivity index (χ1v) is 11.8. The summed E-state index contributed by atoms with van der Waals surface area (Å²) in [5, 5.41) is 6.40. The molecule has 5 rings (SSSR count). The third-order valence-electron chi connectivity index (χ3n) is 6.68. The molecule has 0 unspecified atom stereocenters. The molecule has 208 valence electrons. The molecule has 2 atom stereocenters. The average Bonchev–Trinajstić information content (AvgIpc) is 3.46. The molecule has 1 aliphatic rings. The molecule has 8 nitrogen and oxygen atoms in total. The number of aromatic nitrogens is 3. The minimum absolute atomic E-state index is 0.00666. The highest BCUT2D eigenvalue weighted by atomic mass is 19.4. The van der Waals surface area contributed by atoms with Crippen molar-refractivity contribution in [3.63, 3.8) is 0 Å². The Kier molecular flexibility index (Phi) is 6.64. The molecule has 2 aromatic heterocycles. The number of anilines is 1. The molecule has 14 heteroatoms. The van der Waals surface area contributed by atoms with Gasteiger partial charge in [0.1, 0.15) is 29.7 Å². The maximum atomic E-state index is 14.8. The van der Waals surface area contributed by atoms with Gasteiger partial charge >= 0.3 is 6.18 Å². The fourth-order valence-corrected chi connectivity index (χ4v) is 4.66. The second-order valence-corrected chi connectivity index (χ2v) is 9.31. The zero-order valence-corrected chi connectivity index (χ0v) is 20.6. The van der Waals surface area contributed by atoms with Crippen LogP contribution in [0.15, 0.2) is 48.8 Å². The van der Waals surface area contributed by atoms with Gasteiger partial charge in [0.25, 0.3) is 11.8 Å². The van der Waals surface area contributed by atoms with Crippen molar-refractivity contribution in [3.05, 3.63) is 82.7 Å². The number of fused-ring (bicyclic) bond motifs is 1. The number of halogens is 6. The number of nitrogens with two attached hydrogens (primary N) is 1. The molecule has 3 heterocycles. The van der Waals surface area contributed by atoms with Gasteiger partial charge in [-0.3, -0.25) is 9.59 Å². The highest BCUT2D eigenvalue weighted by Crippen LogP contribution is 2.38. The molecule has 0 spiro atoms. The minimum atomic E-state index is -4.76. The molecule has 2 amide bonds. The molecule has 40 heavy (non-hydrogen) atoms. The van der Waals surface area contributed by atoms with E-state index in [-0.39, 0.29) is 29.2 Å². The van der Waals surface area contributed by atoms with E-state index in [1.165, 1.54) is 18.2 Å². The Balaban J connectivity index is 1.41. The molecule has 1 saturated heterocycles. The molecule has 0 bridgehead atoms. The van der Waals surface area contributed by atoms with Gasteiger partial charge in [-0.15, -0.1) is 0 Å². The minimum Gasteiger partial charge on any atom is -0.382 e. The first-order valence-electron chi connectivity index (χ1n) is 11.8. The summed E-state index contributed by atoms with van der Waals surface area (Å²) < 4.78 is 84.2. The number of hydrogen-bond donors (Lipinski definition) is 2. The lowest BCUT2D eigenvalue weighted by molar-refractivity contribution is -0.136. The van der Waals surface area contributed by atoms with E-state index in [0.29, 0.717) is 11.6 Å². The normalized spacial score (nSPS) is 17.4. The Labute approximate surface area is 222 Å². The van der Waals surface area contributed by atoms with Crippen LogP contribution in [-0.4, -0.2) is 56.6 Å². The number of rotatable bonds is 4. The molecule has 2 aromatic carbocycles. The Hall–Kier alpha value is -4.62. The van der Waals surface area contributed by atoms with Gasteiger partial charge < -0.3 is 16.0 Å². The maximum Gasteiger partial charge on any atom is 0.418 e. The number of carbonyl (C=O) groups is 2. The highest BCUT2D eigenvalue weighted by molar-refractivity contribution is 5.98. The van der Waals surface area contributed by atoms with Crippen LogP contribution < -0.4 is 11.1 Å². The van der Waals surface area contributed by atoms with Crippen molar-refractivity contribution >= 4 is 23.1 Å². The number of nitrogens with one attached hydrogen (secondary N) is 1. The summed E-state index contributed by atoms with van der Waals surface area (Å²) in [4.78, 5) is 30.5. The number of carbonyl (C=O) groups excluding carboxylic acids is 2. The molecule has 1 fully saturated rings. The van der Waals surface area contributed by atoms with Gasteiger partial charge in [-0.1, -0.05) is 12.1 Å². The van der Waals surface area contributed by atoms with Crippen LogP contribution in [-0.2, 0) is 6.18 Å². The van der Waals surface area contributed by atoms with Crippen LogP contribution in [0.5, 0.6) is 0 Å². The Morgan fingerprint density at radius 1 is 1.05 bits per heavy atom. The van der Waals surface area contributed by atoms with Gasteiger partial charge in [0.2, 0.25) is 0 Å². The number of nitrogen functional groups attached to an aromatic ring is 1. The van der Waals surface area contributed by atoms with Gasteiger partial charge in [-0.2, -0.15) is 18.3 Å². The van der Waals surface area contributed by atoms with Crippen LogP contribution in [0.25, 0.3) is 16.8 Å². The summed E-state index contributed by atoms with van der Waals surface area (Å²) in [5.74, 6) is -3.95. The van der Waals surface area contributed by atoms with E-state index >= 15 is 0 Å². The van der Waals surface area contributed by atoms with Crippen molar-refractivity contribution in [1.29, 1.82) is 0 Å². The lowest BCUT2D eigenvalue weighted by Crippen LogP contribution is -2.42. The zero-order chi connectivity index (χ0) is 28.9. The molecular weight excluding hydrogens is 542 g/mol.